The smallest absolute Gasteiger partial charge is 0.173 e. The molecule has 1 N–H and O–H groups in total. The molecule has 2 aromatic heterocycles. The molecule has 150 valence electrons. The van der Waals surface area contributed by atoms with Crippen molar-refractivity contribution in [3.8, 4) is 11.3 Å². The summed E-state index contributed by atoms with van der Waals surface area (Å²) in [7, 11) is 0. The summed E-state index contributed by atoms with van der Waals surface area (Å²) < 4.78 is 6.12. The normalized spacial score (nSPS) is 14.9. The third-order valence-electron chi connectivity index (χ3n) is 5.23. The van der Waals surface area contributed by atoms with E-state index in [1.165, 1.54) is 11.3 Å². The fraction of sp³-hybridized carbons (Fsp3) is 0.318. The highest BCUT2D eigenvalue weighted by Gasteiger charge is 2.20. The van der Waals surface area contributed by atoms with Gasteiger partial charge in [-0.05, 0) is 25.0 Å². The van der Waals surface area contributed by atoms with Gasteiger partial charge in [-0.1, -0.05) is 47.9 Å². The van der Waals surface area contributed by atoms with E-state index in [-0.39, 0.29) is 11.7 Å². The summed E-state index contributed by atoms with van der Waals surface area (Å²) in [5.74, 6) is 1.24. The number of halogens is 1. The first-order valence-corrected chi connectivity index (χ1v) is 10.9. The Labute approximate surface area is 178 Å². The molecule has 0 amide bonds. The van der Waals surface area contributed by atoms with Crippen LogP contribution < -0.4 is 0 Å². The summed E-state index contributed by atoms with van der Waals surface area (Å²) in [4.78, 5) is 15.2. The minimum Gasteiger partial charge on any atom is -0.360 e. The van der Waals surface area contributed by atoms with Crippen LogP contribution in [0.5, 0.6) is 0 Å². The number of thiophene rings is 1. The van der Waals surface area contributed by atoms with Crippen LogP contribution in [0.4, 0.5) is 0 Å². The zero-order valence-electron chi connectivity index (χ0n) is 16.2. The molecule has 0 radical (unpaired) electrons. The number of Topliss-reactive ketones (excluding diaryl/α,β-unsaturated/α-hetero) is 1. The molecule has 0 unspecified atom stereocenters. The highest BCUT2D eigenvalue weighted by molar-refractivity contribution is 7.18. The van der Waals surface area contributed by atoms with E-state index in [1.807, 2.05) is 37.3 Å². The summed E-state index contributed by atoms with van der Waals surface area (Å²) in [6.45, 7) is 3.88. The van der Waals surface area contributed by atoms with Gasteiger partial charge in [-0.25, -0.2) is 0 Å². The van der Waals surface area contributed by atoms with E-state index in [1.54, 1.807) is 12.1 Å². The Hall–Kier alpha value is -2.44. The van der Waals surface area contributed by atoms with Crippen molar-refractivity contribution < 1.29 is 9.32 Å². The van der Waals surface area contributed by atoms with Crippen LogP contribution in [-0.2, 0) is 0 Å². The molecule has 3 heterocycles. The first-order chi connectivity index (χ1) is 14.0. The number of rotatable bonds is 6. The molecule has 3 aromatic rings. The van der Waals surface area contributed by atoms with E-state index in [9.17, 15) is 4.79 Å². The van der Waals surface area contributed by atoms with E-state index >= 15 is 0 Å². The first kappa shape index (κ1) is 19.9. The van der Waals surface area contributed by atoms with Gasteiger partial charge in [0.1, 0.15) is 17.3 Å². The van der Waals surface area contributed by atoms with Crippen molar-refractivity contribution in [2.24, 2.45) is 0 Å². The average Bonchev–Trinajstić information content (AvgIpc) is 3.48. The van der Waals surface area contributed by atoms with Gasteiger partial charge in [0.05, 0.1) is 9.21 Å². The minimum absolute atomic E-state index is 0.0529. The lowest BCUT2D eigenvalue weighted by Gasteiger charge is -2.18. The van der Waals surface area contributed by atoms with Gasteiger partial charge in [0, 0.05) is 42.6 Å². The van der Waals surface area contributed by atoms with Crippen LogP contribution in [0.15, 0.2) is 47.0 Å². The molecule has 1 saturated heterocycles. The molecule has 5 nitrogen and oxygen atoms in total. The van der Waals surface area contributed by atoms with Crippen molar-refractivity contribution in [3.05, 3.63) is 63.0 Å². The van der Waals surface area contributed by atoms with Crippen molar-refractivity contribution in [2.75, 3.05) is 13.1 Å². The minimum atomic E-state index is -0.0766. The van der Waals surface area contributed by atoms with Crippen LogP contribution >= 0.6 is 22.9 Å². The Morgan fingerprint density at radius 3 is 2.62 bits per heavy atom. The Kier molecular flexibility index (Phi) is 5.83. The summed E-state index contributed by atoms with van der Waals surface area (Å²) in [6.07, 6.45) is 2.65. The monoisotopic (exact) mass is 427 g/mol. The van der Waals surface area contributed by atoms with Crippen molar-refractivity contribution in [3.63, 3.8) is 0 Å². The van der Waals surface area contributed by atoms with Gasteiger partial charge in [0.15, 0.2) is 5.78 Å². The molecule has 29 heavy (non-hydrogen) atoms. The number of hydrogen-bond donors (Lipinski definition) is 1. The van der Waals surface area contributed by atoms with Crippen LogP contribution in [0.1, 0.15) is 53.1 Å². The van der Waals surface area contributed by atoms with Crippen molar-refractivity contribution in [2.45, 2.75) is 32.1 Å². The number of likely N-dealkylation sites (tertiary alicyclic amines) is 1. The van der Waals surface area contributed by atoms with Crippen molar-refractivity contribution >= 4 is 34.6 Å². The molecule has 1 aliphatic rings. The number of nitrogens with zero attached hydrogens (tertiary/aromatic N) is 2. The molecule has 1 aliphatic heterocycles. The van der Waals surface area contributed by atoms with Gasteiger partial charge in [-0.3, -0.25) is 10.2 Å². The van der Waals surface area contributed by atoms with E-state index in [0.717, 1.165) is 42.8 Å². The molecule has 1 atom stereocenters. The van der Waals surface area contributed by atoms with E-state index in [0.29, 0.717) is 27.2 Å². The second-order valence-electron chi connectivity index (χ2n) is 7.37. The summed E-state index contributed by atoms with van der Waals surface area (Å²) in [5, 5.41) is 12.5. The fourth-order valence-corrected chi connectivity index (χ4v) is 4.51. The van der Waals surface area contributed by atoms with Gasteiger partial charge >= 0.3 is 0 Å². The van der Waals surface area contributed by atoms with Gasteiger partial charge < -0.3 is 9.42 Å². The number of amidine groups is 1. The number of carbonyl (C=O) groups excluding carboxylic acids is 1. The average molecular weight is 428 g/mol. The highest BCUT2D eigenvalue weighted by Crippen LogP contribution is 2.29. The van der Waals surface area contributed by atoms with Crippen LogP contribution in [0.25, 0.3) is 11.3 Å². The van der Waals surface area contributed by atoms with Crippen LogP contribution in [0.2, 0.25) is 4.34 Å². The summed E-state index contributed by atoms with van der Waals surface area (Å²) in [5.41, 5.74) is 2.58. The number of nitrogens with one attached hydrogen (secondary N) is 1. The van der Waals surface area contributed by atoms with Gasteiger partial charge in [0.25, 0.3) is 0 Å². The van der Waals surface area contributed by atoms with Crippen LogP contribution in [0.3, 0.4) is 0 Å². The third-order valence-corrected chi connectivity index (χ3v) is 6.50. The second kappa shape index (κ2) is 8.51. The number of ketones is 1. The number of hydrogen-bond acceptors (Lipinski definition) is 5. The van der Waals surface area contributed by atoms with E-state index < -0.39 is 0 Å². The van der Waals surface area contributed by atoms with Crippen LogP contribution in [0, 0.1) is 5.41 Å². The Morgan fingerprint density at radius 2 is 1.97 bits per heavy atom. The van der Waals surface area contributed by atoms with E-state index in [2.05, 4.69) is 10.1 Å². The predicted molar refractivity (Wildman–Crippen MR) is 116 cm³/mol. The van der Waals surface area contributed by atoms with Gasteiger partial charge in [-0.15, -0.1) is 11.3 Å². The Balaban J connectivity index is 1.42. The van der Waals surface area contributed by atoms with Gasteiger partial charge in [-0.2, -0.15) is 0 Å². The zero-order chi connectivity index (χ0) is 20.4. The van der Waals surface area contributed by atoms with Crippen molar-refractivity contribution in [1.82, 2.24) is 10.1 Å². The quantitative estimate of drug-likeness (QED) is 0.304. The summed E-state index contributed by atoms with van der Waals surface area (Å²) >= 11 is 7.22. The number of benzene rings is 1. The standard InChI is InChI=1S/C22H22ClN3O2S/c1-14(12-18(27)20-8-9-21(23)29-20)19-13-17(25-28-19)15-4-6-16(7-5-15)22(24)26-10-2-3-11-26/h4-9,13-14,24H,2-3,10-12H2,1H3/t14-/m1/s1. The third kappa shape index (κ3) is 4.43. The summed E-state index contributed by atoms with van der Waals surface area (Å²) in [6, 6.07) is 13.2. The first-order valence-electron chi connectivity index (χ1n) is 9.70. The Bertz CT molecular complexity index is 1020. The molecule has 0 saturated carbocycles. The molecule has 0 spiro atoms. The predicted octanol–water partition coefficient (Wildman–Crippen LogP) is 5.85. The lowest BCUT2D eigenvalue weighted by molar-refractivity contribution is 0.0975. The molecular formula is C22H22ClN3O2S. The lowest BCUT2D eigenvalue weighted by atomic mass is 10.00. The zero-order valence-corrected chi connectivity index (χ0v) is 17.7. The molecule has 4 rings (SSSR count). The molecule has 1 aromatic carbocycles. The molecule has 0 aliphatic carbocycles. The maximum Gasteiger partial charge on any atom is 0.173 e. The second-order valence-corrected chi connectivity index (χ2v) is 9.08. The lowest BCUT2D eigenvalue weighted by Crippen LogP contribution is -2.27. The number of carbonyl (C=O) groups is 1. The maximum absolute atomic E-state index is 12.4. The molecule has 0 bridgehead atoms. The van der Waals surface area contributed by atoms with Gasteiger partial charge in [0.2, 0.25) is 0 Å². The molecule has 1 fully saturated rings. The fourth-order valence-electron chi connectivity index (χ4n) is 3.52. The highest BCUT2D eigenvalue weighted by atomic mass is 35.5. The largest absolute Gasteiger partial charge is 0.360 e. The topological polar surface area (TPSA) is 70.2 Å². The van der Waals surface area contributed by atoms with E-state index in [4.69, 9.17) is 21.5 Å². The molecular weight excluding hydrogens is 406 g/mol. The maximum atomic E-state index is 12.4. The SMILES string of the molecule is C[C@H](CC(=O)c1ccc(Cl)s1)c1cc(-c2ccc(C(=N)N3CCCC3)cc2)no1. The number of aromatic nitrogens is 1. The molecule has 7 heteroatoms. The van der Waals surface area contributed by atoms with Crippen LogP contribution in [-0.4, -0.2) is 34.8 Å². The Morgan fingerprint density at radius 1 is 1.24 bits per heavy atom. The van der Waals surface area contributed by atoms with Crippen molar-refractivity contribution in [1.29, 1.82) is 5.41 Å².